The van der Waals surface area contributed by atoms with Gasteiger partial charge in [-0.3, -0.25) is 9.59 Å². The van der Waals surface area contributed by atoms with E-state index in [0.29, 0.717) is 18.8 Å². The molecule has 438 valence electrons. The summed E-state index contributed by atoms with van der Waals surface area (Å²) >= 11 is 0. The Morgan fingerprint density at radius 1 is 0.513 bits per heavy atom. The van der Waals surface area contributed by atoms with E-state index < -0.39 is 0 Å². The van der Waals surface area contributed by atoms with Crippen LogP contribution >= 0.6 is 0 Å². The van der Waals surface area contributed by atoms with Gasteiger partial charge >= 0.3 is 11.9 Å². The van der Waals surface area contributed by atoms with Crippen molar-refractivity contribution in [1.82, 2.24) is 0 Å². The van der Waals surface area contributed by atoms with Crippen LogP contribution in [-0.2, 0) is 19.1 Å². The maximum Gasteiger partial charge on any atom is 0.306 e. The summed E-state index contributed by atoms with van der Waals surface area (Å²) in [7, 11) is 0. The van der Waals surface area contributed by atoms with Crippen LogP contribution in [0.15, 0.2) is 142 Å². The molecule has 78 heavy (non-hydrogen) atoms. The van der Waals surface area contributed by atoms with Crippen LogP contribution in [0.1, 0.15) is 282 Å². The molecule has 0 heterocycles. The third-order valence-electron chi connectivity index (χ3n) is 16.0. The van der Waals surface area contributed by atoms with E-state index in [1.165, 1.54) is 180 Å². The van der Waals surface area contributed by atoms with E-state index in [1.54, 1.807) is 0 Å². The summed E-state index contributed by atoms with van der Waals surface area (Å²) in [6, 6.07) is 0. The van der Waals surface area contributed by atoms with Crippen LogP contribution in [0.4, 0.5) is 0 Å². The fourth-order valence-corrected chi connectivity index (χ4v) is 11.3. The molecular formula is C74H118O4. The molecule has 0 aromatic heterocycles. The molecule has 3 atom stereocenters. The lowest BCUT2D eigenvalue weighted by Crippen LogP contribution is -2.34. The van der Waals surface area contributed by atoms with Gasteiger partial charge in [0.2, 0.25) is 0 Å². The minimum absolute atomic E-state index is 0.00628. The zero-order valence-corrected chi connectivity index (χ0v) is 52.6. The fourth-order valence-electron chi connectivity index (χ4n) is 11.3. The summed E-state index contributed by atoms with van der Waals surface area (Å²) in [6.07, 6.45) is 73.9. The highest BCUT2D eigenvalue weighted by atomic mass is 16.5. The maximum atomic E-state index is 12.8. The molecule has 0 saturated heterocycles. The van der Waals surface area contributed by atoms with Crippen molar-refractivity contribution >= 4 is 11.9 Å². The van der Waals surface area contributed by atoms with E-state index in [-0.39, 0.29) is 35.0 Å². The Kier molecular flexibility index (Phi) is 38.3. The summed E-state index contributed by atoms with van der Waals surface area (Å²) in [5, 5.41) is 0. The zero-order chi connectivity index (χ0) is 57.3. The molecule has 0 aromatic carbocycles. The smallest absolute Gasteiger partial charge is 0.306 e. The Hall–Kier alpha value is -4.18. The summed E-state index contributed by atoms with van der Waals surface area (Å²) < 4.78 is 12.0. The third-order valence-corrected chi connectivity index (χ3v) is 16.0. The average Bonchev–Trinajstić information content (AvgIpc) is 3.37. The van der Waals surface area contributed by atoms with Gasteiger partial charge in [0.05, 0.1) is 0 Å². The lowest BCUT2D eigenvalue weighted by Gasteiger charge is -2.40. The van der Waals surface area contributed by atoms with Crippen molar-refractivity contribution in [1.29, 1.82) is 0 Å². The lowest BCUT2D eigenvalue weighted by molar-refractivity contribution is -0.151. The van der Waals surface area contributed by atoms with E-state index in [2.05, 4.69) is 186 Å². The standard InChI is InChI=1S/C74H118O4/c1-13-15-17-19-21-23-25-27-28-30-32-34-36-38-40-52-72(76)78-68-58-66(8)70(74(11,12)60-68)56-54-64(6)50-44-48-62(4)46-42-41-45-61(3)47-43-49-63(5)53-55-69-65(7)57-67(59-73(69,9)10)77-71(75)51-39-37-35-33-31-29-26-24-22-20-18-16-14-2/h27-28,41-50,53-57,67-69H,13-26,29-40,51-52,58-60H2,1-12H3/b28-27-,42-41+,47-43+,48-44+,55-53+,56-54+,61-45+,62-46+,63-49+,64-50+/t67-,68+,69-/m0/s1. The van der Waals surface area contributed by atoms with Gasteiger partial charge in [-0.25, -0.2) is 0 Å². The first-order chi connectivity index (χ1) is 37.5. The number of esters is 2. The van der Waals surface area contributed by atoms with Gasteiger partial charge in [-0.2, -0.15) is 0 Å². The highest BCUT2D eigenvalue weighted by Crippen LogP contribution is 2.44. The van der Waals surface area contributed by atoms with Crippen LogP contribution < -0.4 is 0 Å². The number of hydrogen-bond acceptors (Lipinski definition) is 4. The number of carbonyl (C=O) groups excluding carboxylic acids is 2. The molecule has 0 aromatic rings. The van der Waals surface area contributed by atoms with E-state index in [4.69, 9.17) is 9.47 Å². The Labute approximate surface area is 482 Å². The van der Waals surface area contributed by atoms with Crippen molar-refractivity contribution in [2.75, 3.05) is 0 Å². The second-order valence-corrected chi connectivity index (χ2v) is 25.0. The first-order valence-corrected chi connectivity index (χ1v) is 32.0. The average molecular weight is 1070 g/mol. The van der Waals surface area contributed by atoms with Crippen LogP contribution in [0.3, 0.4) is 0 Å². The van der Waals surface area contributed by atoms with Crippen molar-refractivity contribution in [3.05, 3.63) is 142 Å². The minimum Gasteiger partial charge on any atom is -0.462 e. The molecule has 4 heteroatoms. The molecular weight excluding hydrogens is 953 g/mol. The second kappa shape index (κ2) is 42.7. The summed E-state index contributed by atoms with van der Waals surface area (Å²) in [5.74, 6) is 0.213. The van der Waals surface area contributed by atoms with Crippen LogP contribution in [0, 0.1) is 16.7 Å². The minimum atomic E-state index is -0.144. The first-order valence-electron chi connectivity index (χ1n) is 32.0. The summed E-state index contributed by atoms with van der Waals surface area (Å²) in [5.41, 5.74) is 8.62. The molecule has 0 unspecified atom stereocenters. The third kappa shape index (κ3) is 34.1. The van der Waals surface area contributed by atoms with Gasteiger partial charge in [0.15, 0.2) is 0 Å². The zero-order valence-electron chi connectivity index (χ0n) is 52.6. The van der Waals surface area contributed by atoms with Crippen LogP contribution in [0.25, 0.3) is 0 Å². The summed E-state index contributed by atoms with van der Waals surface area (Å²) in [6.45, 7) is 26.6. The molecule has 0 N–H and O–H groups in total. The van der Waals surface area contributed by atoms with Gasteiger partial charge in [-0.05, 0) is 115 Å². The summed E-state index contributed by atoms with van der Waals surface area (Å²) in [4.78, 5) is 25.6. The van der Waals surface area contributed by atoms with Crippen molar-refractivity contribution in [3.8, 4) is 0 Å². The van der Waals surface area contributed by atoms with E-state index in [1.807, 2.05) is 0 Å². The Bertz CT molecular complexity index is 2060. The first kappa shape index (κ1) is 69.9. The molecule has 0 radical (unpaired) electrons. The molecule has 0 amide bonds. The molecule has 0 bridgehead atoms. The highest BCUT2D eigenvalue weighted by molar-refractivity contribution is 5.70. The number of ether oxygens (including phenoxy) is 2. The van der Waals surface area contributed by atoms with Crippen molar-refractivity contribution < 1.29 is 19.1 Å². The van der Waals surface area contributed by atoms with E-state index in [0.717, 1.165) is 44.9 Å². The molecule has 0 spiro atoms. The number of unbranched alkanes of at least 4 members (excludes halogenated alkanes) is 23. The predicted molar refractivity (Wildman–Crippen MR) is 342 cm³/mol. The quantitative estimate of drug-likeness (QED) is 0.0265. The Morgan fingerprint density at radius 3 is 1.38 bits per heavy atom. The van der Waals surface area contributed by atoms with Crippen molar-refractivity contribution in [2.24, 2.45) is 16.7 Å². The van der Waals surface area contributed by atoms with Crippen molar-refractivity contribution in [3.63, 3.8) is 0 Å². The fraction of sp³-hybridized carbons (Fsp3) is 0.649. The van der Waals surface area contributed by atoms with Crippen LogP contribution in [0.2, 0.25) is 0 Å². The Morgan fingerprint density at radius 2 is 0.923 bits per heavy atom. The topological polar surface area (TPSA) is 52.6 Å². The Balaban J connectivity index is 1.72. The van der Waals surface area contributed by atoms with Gasteiger partial charge in [-0.15, -0.1) is 0 Å². The van der Waals surface area contributed by atoms with E-state index in [9.17, 15) is 9.59 Å². The van der Waals surface area contributed by atoms with Crippen molar-refractivity contribution in [2.45, 2.75) is 294 Å². The van der Waals surface area contributed by atoms with Crippen LogP contribution in [0.5, 0.6) is 0 Å². The monoisotopic (exact) mass is 1070 g/mol. The number of hydrogen-bond donors (Lipinski definition) is 0. The predicted octanol–water partition coefficient (Wildman–Crippen LogP) is 23.0. The van der Waals surface area contributed by atoms with Gasteiger partial charge < -0.3 is 9.47 Å². The van der Waals surface area contributed by atoms with E-state index >= 15 is 0 Å². The van der Waals surface area contributed by atoms with Gasteiger partial charge in [0.1, 0.15) is 12.2 Å². The molecule has 2 rings (SSSR count). The lowest BCUT2D eigenvalue weighted by atomic mass is 9.67. The number of allylic oxidation sites excluding steroid dienone is 22. The maximum absolute atomic E-state index is 12.8. The number of carbonyl (C=O) groups is 2. The van der Waals surface area contributed by atoms with Crippen LogP contribution in [-0.4, -0.2) is 24.1 Å². The van der Waals surface area contributed by atoms with Gasteiger partial charge in [0.25, 0.3) is 0 Å². The molecule has 2 aliphatic carbocycles. The van der Waals surface area contributed by atoms with Gasteiger partial charge in [-0.1, -0.05) is 301 Å². The molecule has 4 nitrogen and oxygen atoms in total. The largest absolute Gasteiger partial charge is 0.462 e. The normalized spacial score (nSPS) is 19.7. The molecule has 0 aliphatic heterocycles. The molecule has 0 saturated carbocycles. The molecule has 0 fully saturated rings. The molecule has 2 aliphatic rings. The SMILES string of the molecule is CCCCCCCC/C=C\CCCCCCCC(=O)O[C@@H]1CC(C)=C(/C=C/C(C)=C/C=C/C(C)=C/C=C/C=C(C)/C=C/C=C(C)/C=C/[C@H]2C(C)=C[C@H](OC(=O)CCCCCCCCCCCCCCC)CC2(C)C)C(C)(C)C1. The number of rotatable bonds is 41. The highest BCUT2D eigenvalue weighted by Gasteiger charge is 2.37. The second-order valence-electron chi connectivity index (χ2n) is 25.0. The van der Waals surface area contributed by atoms with Gasteiger partial charge in [0, 0.05) is 25.2 Å².